The van der Waals surface area contributed by atoms with E-state index in [4.69, 9.17) is 4.74 Å². The van der Waals surface area contributed by atoms with Crippen LogP contribution in [0.5, 0.6) is 5.75 Å². The molecule has 4 heteroatoms. The summed E-state index contributed by atoms with van der Waals surface area (Å²) in [7, 11) is 0. The summed E-state index contributed by atoms with van der Waals surface area (Å²) in [5.74, 6) is 0.0450. The number of amides is 1. The van der Waals surface area contributed by atoms with E-state index in [1.54, 1.807) is 13.0 Å². The minimum absolute atomic E-state index is 0.293. The molecule has 0 aliphatic rings. The Hall–Kier alpha value is -2.36. The molecule has 0 aliphatic heterocycles. The van der Waals surface area contributed by atoms with E-state index in [0.29, 0.717) is 18.7 Å². The molecule has 0 atom stereocenters. The number of hydrogen-bond donors (Lipinski definition) is 1. The molecular formula is C16H16FNO2. The van der Waals surface area contributed by atoms with Gasteiger partial charge in [0.05, 0.1) is 6.54 Å². The van der Waals surface area contributed by atoms with Gasteiger partial charge < -0.3 is 10.1 Å². The number of halogens is 1. The highest BCUT2D eigenvalue weighted by molar-refractivity contribution is 5.95. The molecule has 0 saturated carbocycles. The van der Waals surface area contributed by atoms with E-state index >= 15 is 0 Å². The number of rotatable bonds is 5. The second-order valence-corrected chi connectivity index (χ2v) is 4.38. The van der Waals surface area contributed by atoms with Gasteiger partial charge in [-0.3, -0.25) is 4.79 Å². The average Bonchev–Trinajstić information content (AvgIpc) is 2.47. The first-order valence-corrected chi connectivity index (χ1v) is 6.39. The van der Waals surface area contributed by atoms with Crippen molar-refractivity contribution in [2.45, 2.75) is 6.92 Å². The maximum atomic E-state index is 13.1. The lowest BCUT2D eigenvalue weighted by molar-refractivity contribution is 0.0946. The van der Waals surface area contributed by atoms with E-state index in [1.165, 1.54) is 12.1 Å². The lowest BCUT2D eigenvalue weighted by atomic mass is 10.1. The molecule has 0 bridgehead atoms. The summed E-state index contributed by atoms with van der Waals surface area (Å²) in [6, 6.07) is 13.5. The van der Waals surface area contributed by atoms with E-state index in [9.17, 15) is 9.18 Å². The highest BCUT2D eigenvalue weighted by atomic mass is 19.1. The predicted octanol–water partition coefficient (Wildman–Crippen LogP) is 2.94. The van der Waals surface area contributed by atoms with Crippen molar-refractivity contribution in [2.75, 3.05) is 13.2 Å². The molecule has 0 saturated heterocycles. The number of nitrogens with one attached hydrogen (secondary N) is 1. The second kappa shape index (κ2) is 6.70. The van der Waals surface area contributed by atoms with Crippen molar-refractivity contribution in [2.24, 2.45) is 0 Å². The third kappa shape index (κ3) is 3.82. The summed E-state index contributed by atoms with van der Waals surface area (Å²) in [5, 5.41) is 2.71. The Morgan fingerprint density at radius 1 is 1.20 bits per heavy atom. The van der Waals surface area contributed by atoms with Gasteiger partial charge in [-0.1, -0.05) is 24.3 Å². The number of ether oxygens (including phenoxy) is 1. The first-order chi connectivity index (χ1) is 9.66. The number of carbonyl (C=O) groups is 1. The average molecular weight is 273 g/mol. The molecule has 3 nitrogen and oxygen atoms in total. The van der Waals surface area contributed by atoms with Crippen molar-refractivity contribution in [3.63, 3.8) is 0 Å². The van der Waals surface area contributed by atoms with Crippen molar-refractivity contribution in [3.8, 4) is 5.75 Å². The standard InChI is InChI=1S/C16H16FNO2/c1-12-7-8-13(17)11-15(12)16(19)18-9-10-20-14-5-3-2-4-6-14/h2-8,11H,9-10H2,1H3,(H,18,19). The number of carbonyl (C=O) groups excluding carboxylic acids is 1. The maximum Gasteiger partial charge on any atom is 0.251 e. The van der Waals surface area contributed by atoms with Gasteiger partial charge >= 0.3 is 0 Å². The fourth-order valence-electron chi connectivity index (χ4n) is 1.78. The monoisotopic (exact) mass is 273 g/mol. The Bertz CT molecular complexity index is 584. The van der Waals surface area contributed by atoms with Gasteiger partial charge in [-0.2, -0.15) is 0 Å². The molecular weight excluding hydrogens is 257 g/mol. The van der Waals surface area contributed by atoms with Gasteiger partial charge in [-0.05, 0) is 36.8 Å². The molecule has 0 fully saturated rings. The molecule has 0 heterocycles. The predicted molar refractivity (Wildman–Crippen MR) is 75.4 cm³/mol. The summed E-state index contributed by atoms with van der Waals surface area (Å²) in [6.07, 6.45) is 0. The molecule has 0 spiro atoms. The van der Waals surface area contributed by atoms with E-state index in [0.717, 1.165) is 11.3 Å². The fraction of sp³-hybridized carbons (Fsp3) is 0.188. The first kappa shape index (κ1) is 14.1. The van der Waals surface area contributed by atoms with Crippen LogP contribution in [-0.4, -0.2) is 19.1 Å². The van der Waals surface area contributed by atoms with Crippen LogP contribution >= 0.6 is 0 Å². The summed E-state index contributed by atoms with van der Waals surface area (Å²) in [5.41, 5.74) is 1.09. The summed E-state index contributed by atoms with van der Waals surface area (Å²) in [4.78, 5) is 11.9. The zero-order chi connectivity index (χ0) is 14.4. The maximum absolute atomic E-state index is 13.1. The van der Waals surface area contributed by atoms with E-state index in [2.05, 4.69) is 5.32 Å². The zero-order valence-corrected chi connectivity index (χ0v) is 11.2. The van der Waals surface area contributed by atoms with Gasteiger partial charge in [-0.15, -0.1) is 0 Å². The van der Waals surface area contributed by atoms with Gasteiger partial charge in [0.25, 0.3) is 5.91 Å². The van der Waals surface area contributed by atoms with Crippen LogP contribution in [0.1, 0.15) is 15.9 Å². The zero-order valence-electron chi connectivity index (χ0n) is 11.2. The Morgan fingerprint density at radius 2 is 1.95 bits per heavy atom. The summed E-state index contributed by atoms with van der Waals surface area (Å²) < 4.78 is 18.6. The molecule has 104 valence electrons. The van der Waals surface area contributed by atoms with Crippen LogP contribution in [0.25, 0.3) is 0 Å². The minimum Gasteiger partial charge on any atom is -0.492 e. The van der Waals surface area contributed by atoms with Crippen LogP contribution in [0.15, 0.2) is 48.5 Å². The van der Waals surface area contributed by atoms with E-state index in [-0.39, 0.29) is 5.91 Å². The van der Waals surface area contributed by atoms with Gasteiger partial charge in [-0.25, -0.2) is 4.39 Å². The minimum atomic E-state index is -0.415. The molecule has 0 unspecified atom stereocenters. The van der Waals surface area contributed by atoms with Crippen molar-refractivity contribution >= 4 is 5.91 Å². The van der Waals surface area contributed by atoms with Crippen LogP contribution in [-0.2, 0) is 0 Å². The van der Waals surface area contributed by atoms with Gasteiger partial charge in [0.1, 0.15) is 18.2 Å². The van der Waals surface area contributed by atoms with Crippen LogP contribution < -0.4 is 10.1 Å². The Morgan fingerprint density at radius 3 is 2.70 bits per heavy atom. The molecule has 0 radical (unpaired) electrons. The molecule has 1 N–H and O–H groups in total. The summed E-state index contributed by atoms with van der Waals surface area (Å²) >= 11 is 0. The second-order valence-electron chi connectivity index (χ2n) is 4.38. The third-order valence-electron chi connectivity index (χ3n) is 2.84. The number of benzene rings is 2. The third-order valence-corrected chi connectivity index (χ3v) is 2.84. The highest BCUT2D eigenvalue weighted by Crippen LogP contribution is 2.10. The summed E-state index contributed by atoms with van der Waals surface area (Å²) in [6.45, 7) is 2.50. The fourth-order valence-corrected chi connectivity index (χ4v) is 1.78. The van der Waals surface area contributed by atoms with Gasteiger partial charge in [0.15, 0.2) is 0 Å². The molecule has 1 amide bonds. The Labute approximate surface area is 117 Å². The Balaban J connectivity index is 1.82. The topological polar surface area (TPSA) is 38.3 Å². The number of aryl methyl sites for hydroxylation is 1. The van der Waals surface area contributed by atoms with Gasteiger partial charge in [0.2, 0.25) is 0 Å². The normalized spacial score (nSPS) is 10.1. The largest absolute Gasteiger partial charge is 0.492 e. The van der Waals surface area contributed by atoms with E-state index in [1.807, 2.05) is 30.3 Å². The molecule has 20 heavy (non-hydrogen) atoms. The van der Waals surface area contributed by atoms with Crippen LogP contribution in [0.2, 0.25) is 0 Å². The van der Waals surface area contributed by atoms with Crippen molar-refractivity contribution in [1.29, 1.82) is 0 Å². The lowest BCUT2D eigenvalue weighted by Gasteiger charge is -2.09. The Kier molecular flexibility index (Phi) is 4.71. The molecule has 0 aliphatic carbocycles. The van der Waals surface area contributed by atoms with Crippen molar-refractivity contribution < 1.29 is 13.9 Å². The highest BCUT2D eigenvalue weighted by Gasteiger charge is 2.09. The molecule has 2 aromatic rings. The van der Waals surface area contributed by atoms with Gasteiger partial charge in [0, 0.05) is 5.56 Å². The van der Waals surface area contributed by atoms with Crippen LogP contribution in [0, 0.1) is 12.7 Å². The quantitative estimate of drug-likeness (QED) is 0.851. The molecule has 0 aromatic heterocycles. The van der Waals surface area contributed by atoms with Crippen molar-refractivity contribution in [1.82, 2.24) is 5.32 Å². The van der Waals surface area contributed by atoms with E-state index < -0.39 is 5.82 Å². The van der Waals surface area contributed by atoms with Crippen LogP contribution in [0.3, 0.4) is 0 Å². The van der Waals surface area contributed by atoms with Crippen molar-refractivity contribution in [3.05, 3.63) is 65.5 Å². The molecule has 2 aromatic carbocycles. The SMILES string of the molecule is Cc1ccc(F)cc1C(=O)NCCOc1ccccc1. The lowest BCUT2D eigenvalue weighted by Crippen LogP contribution is -2.28. The molecule has 2 rings (SSSR count). The first-order valence-electron chi connectivity index (χ1n) is 6.39. The van der Waals surface area contributed by atoms with Crippen LogP contribution in [0.4, 0.5) is 4.39 Å². The number of para-hydroxylation sites is 1. The number of hydrogen-bond acceptors (Lipinski definition) is 2. The smallest absolute Gasteiger partial charge is 0.251 e.